The topological polar surface area (TPSA) is 29.1 Å². The summed E-state index contributed by atoms with van der Waals surface area (Å²) in [6.45, 7) is 3.94. The molecule has 1 N–H and O–H groups in total. The van der Waals surface area contributed by atoms with Gasteiger partial charge in [0, 0.05) is 16.9 Å². The third-order valence-corrected chi connectivity index (χ3v) is 3.41. The van der Waals surface area contributed by atoms with E-state index in [1.165, 1.54) is 6.07 Å². The lowest BCUT2D eigenvalue weighted by Gasteiger charge is -2.20. The van der Waals surface area contributed by atoms with E-state index >= 15 is 0 Å². The molecule has 0 aliphatic heterocycles. The van der Waals surface area contributed by atoms with Gasteiger partial charge in [0.15, 0.2) is 0 Å². The van der Waals surface area contributed by atoms with Crippen LogP contribution in [-0.4, -0.2) is 17.3 Å². The number of amides is 1. The van der Waals surface area contributed by atoms with Gasteiger partial charge in [0.2, 0.25) is 5.91 Å². The van der Waals surface area contributed by atoms with E-state index in [4.69, 9.17) is 0 Å². The van der Waals surface area contributed by atoms with Gasteiger partial charge in [0.25, 0.3) is 0 Å². The van der Waals surface area contributed by atoms with Gasteiger partial charge in [-0.2, -0.15) is 0 Å². The molecule has 5 heteroatoms. The van der Waals surface area contributed by atoms with Crippen LogP contribution < -0.4 is 5.32 Å². The minimum Gasteiger partial charge on any atom is -0.352 e. The molecule has 1 aromatic rings. The Kier molecular flexibility index (Phi) is 5.72. The molecular formula is C13H16BrF2NO. The summed E-state index contributed by atoms with van der Waals surface area (Å²) in [7, 11) is 0. The van der Waals surface area contributed by atoms with Crippen LogP contribution in [0.1, 0.15) is 19.4 Å². The molecule has 1 rings (SSSR count). The largest absolute Gasteiger partial charge is 0.352 e. The van der Waals surface area contributed by atoms with Crippen LogP contribution in [0.15, 0.2) is 18.2 Å². The molecule has 1 atom stereocenters. The Balaban J connectivity index is 2.70. The minimum absolute atomic E-state index is 0.0488. The van der Waals surface area contributed by atoms with E-state index in [0.717, 1.165) is 12.1 Å². The summed E-state index contributed by atoms with van der Waals surface area (Å²) in [6, 6.07) is 3.53. The zero-order valence-electron chi connectivity index (χ0n) is 10.3. The number of carbonyl (C=O) groups is 1. The average molecular weight is 320 g/mol. The van der Waals surface area contributed by atoms with E-state index in [9.17, 15) is 13.6 Å². The molecule has 1 unspecified atom stereocenters. The van der Waals surface area contributed by atoms with Gasteiger partial charge >= 0.3 is 0 Å². The Labute approximate surface area is 114 Å². The summed E-state index contributed by atoms with van der Waals surface area (Å²) in [5.74, 6) is -1.51. The van der Waals surface area contributed by atoms with Gasteiger partial charge in [-0.15, -0.1) is 0 Å². The van der Waals surface area contributed by atoms with Gasteiger partial charge in [-0.25, -0.2) is 8.78 Å². The molecular weight excluding hydrogens is 304 g/mol. The molecule has 0 heterocycles. The Morgan fingerprint density at radius 2 is 1.89 bits per heavy atom. The Bertz CT molecular complexity index is 403. The van der Waals surface area contributed by atoms with Crippen LogP contribution in [0.25, 0.3) is 0 Å². The second kappa shape index (κ2) is 6.83. The molecule has 0 radical (unpaired) electrons. The van der Waals surface area contributed by atoms with Crippen molar-refractivity contribution < 1.29 is 13.6 Å². The lowest BCUT2D eigenvalue weighted by Crippen LogP contribution is -2.40. The van der Waals surface area contributed by atoms with Crippen LogP contribution in [0.3, 0.4) is 0 Å². The molecule has 0 fully saturated rings. The molecule has 0 aliphatic carbocycles. The van der Waals surface area contributed by atoms with E-state index in [-0.39, 0.29) is 29.9 Å². The maximum absolute atomic E-state index is 13.4. The Morgan fingerprint density at radius 1 is 1.33 bits per heavy atom. The SMILES string of the molecule is CC(C)C(CBr)NC(=O)Cc1c(F)cccc1F. The average Bonchev–Trinajstić information content (AvgIpc) is 2.30. The Morgan fingerprint density at radius 3 is 2.33 bits per heavy atom. The predicted molar refractivity (Wildman–Crippen MR) is 70.6 cm³/mol. The second-order valence-corrected chi connectivity index (χ2v) is 5.10. The maximum Gasteiger partial charge on any atom is 0.224 e. The predicted octanol–water partition coefficient (Wildman–Crippen LogP) is 3.04. The lowest BCUT2D eigenvalue weighted by atomic mass is 10.1. The summed E-state index contributed by atoms with van der Waals surface area (Å²) in [4.78, 5) is 11.7. The molecule has 0 saturated carbocycles. The highest BCUT2D eigenvalue weighted by molar-refractivity contribution is 9.09. The molecule has 2 nitrogen and oxygen atoms in total. The van der Waals surface area contributed by atoms with Crippen LogP contribution in [0.5, 0.6) is 0 Å². The number of rotatable bonds is 5. The number of halogens is 3. The van der Waals surface area contributed by atoms with Crippen molar-refractivity contribution in [3.63, 3.8) is 0 Å². The van der Waals surface area contributed by atoms with Crippen LogP contribution in [0, 0.1) is 17.6 Å². The highest BCUT2D eigenvalue weighted by Gasteiger charge is 2.17. The molecule has 0 aromatic heterocycles. The van der Waals surface area contributed by atoms with Crippen LogP contribution in [0.2, 0.25) is 0 Å². The van der Waals surface area contributed by atoms with Crippen LogP contribution in [0.4, 0.5) is 8.78 Å². The van der Waals surface area contributed by atoms with E-state index in [1.54, 1.807) is 0 Å². The number of nitrogens with one attached hydrogen (secondary N) is 1. The van der Waals surface area contributed by atoms with Gasteiger partial charge in [0.05, 0.1) is 6.42 Å². The molecule has 0 bridgehead atoms. The highest BCUT2D eigenvalue weighted by atomic mass is 79.9. The maximum atomic E-state index is 13.4. The summed E-state index contributed by atoms with van der Waals surface area (Å²) in [5.41, 5.74) is -0.188. The van der Waals surface area contributed by atoms with Crippen LogP contribution >= 0.6 is 15.9 Å². The quantitative estimate of drug-likeness (QED) is 0.830. The second-order valence-electron chi connectivity index (χ2n) is 4.45. The molecule has 0 aliphatic rings. The first-order valence-electron chi connectivity index (χ1n) is 5.74. The normalized spacial score (nSPS) is 12.6. The standard InChI is InChI=1S/C13H16BrF2NO/c1-8(2)12(7-14)17-13(18)6-9-10(15)4-3-5-11(9)16/h3-5,8,12H,6-7H2,1-2H3,(H,17,18). The number of hydrogen-bond acceptors (Lipinski definition) is 1. The third-order valence-electron chi connectivity index (χ3n) is 2.72. The first-order chi connectivity index (χ1) is 8.45. The fourth-order valence-corrected chi connectivity index (χ4v) is 2.41. The minimum atomic E-state index is -0.690. The first-order valence-corrected chi connectivity index (χ1v) is 6.86. The third kappa shape index (κ3) is 4.05. The number of alkyl halides is 1. The van der Waals surface area contributed by atoms with E-state index in [2.05, 4.69) is 21.2 Å². The molecule has 0 saturated heterocycles. The van der Waals surface area contributed by atoms with Crippen molar-refractivity contribution >= 4 is 21.8 Å². The molecule has 1 amide bonds. The summed E-state index contributed by atoms with van der Waals surface area (Å²) < 4.78 is 26.7. The van der Waals surface area contributed by atoms with Crippen molar-refractivity contribution in [2.45, 2.75) is 26.3 Å². The van der Waals surface area contributed by atoms with Gasteiger partial charge in [-0.3, -0.25) is 4.79 Å². The van der Waals surface area contributed by atoms with Gasteiger partial charge in [-0.05, 0) is 18.1 Å². The fraction of sp³-hybridized carbons (Fsp3) is 0.462. The lowest BCUT2D eigenvalue weighted by molar-refractivity contribution is -0.121. The number of hydrogen-bond donors (Lipinski definition) is 1. The summed E-state index contributed by atoms with van der Waals surface area (Å²) in [5, 5.41) is 3.36. The molecule has 1 aromatic carbocycles. The van der Waals surface area contributed by atoms with Crippen molar-refractivity contribution in [1.29, 1.82) is 0 Å². The summed E-state index contributed by atoms with van der Waals surface area (Å²) >= 11 is 3.30. The molecule has 18 heavy (non-hydrogen) atoms. The van der Waals surface area contributed by atoms with Gasteiger partial charge in [-0.1, -0.05) is 35.8 Å². The molecule has 100 valence electrons. The zero-order valence-corrected chi connectivity index (χ0v) is 11.9. The van der Waals surface area contributed by atoms with Crippen molar-refractivity contribution in [2.24, 2.45) is 5.92 Å². The van der Waals surface area contributed by atoms with E-state index < -0.39 is 11.6 Å². The Hall–Kier alpha value is -0.970. The number of benzene rings is 1. The highest BCUT2D eigenvalue weighted by Crippen LogP contribution is 2.13. The van der Waals surface area contributed by atoms with Gasteiger partial charge < -0.3 is 5.32 Å². The summed E-state index contributed by atoms with van der Waals surface area (Å²) in [6.07, 6.45) is -0.283. The van der Waals surface area contributed by atoms with Crippen molar-refractivity contribution in [2.75, 3.05) is 5.33 Å². The smallest absolute Gasteiger partial charge is 0.224 e. The van der Waals surface area contributed by atoms with Crippen molar-refractivity contribution in [1.82, 2.24) is 5.32 Å². The monoisotopic (exact) mass is 319 g/mol. The van der Waals surface area contributed by atoms with E-state index in [1.807, 2.05) is 13.8 Å². The number of carbonyl (C=O) groups excluding carboxylic acids is 1. The van der Waals surface area contributed by atoms with E-state index in [0.29, 0.717) is 5.33 Å². The fourth-order valence-electron chi connectivity index (χ4n) is 1.50. The first kappa shape index (κ1) is 15.1. The van der Waals surface area contributed by atoms with Crippen LogP contribution in [-0.2, 0) is 11.2 Å². The van der Waals surface area contributed by atoms with Crippen molar-refractivity contribution in [3.05, 3.63) is 35.4 Å². The molecule has 0 spiro atoms. The van der Waals surface area contributed by atoms with Crippen molar-refractivity contribution in [3.8, 4) is 0 Å². The zero-order chi connectivity index (χ0) is 13.7. The van der Waals surface area contributed by atoms with Gasteiger partial charge in [0.1, 0.15) is 11.6 Å².